The molecule has 0 aliphatic carbocycles. The van der Waals surface area contributed by atoms with Gasteiger partial charge in [-0.3, -0.25) is 4.79 Å². The van der Waals surface area contributed by atoms with Crippen LogP contribution in [-0.2, 0) is 6.54 Å². The molecule has 1 aromatic rings. The van der Waals surface area contributed by atoms with Crippen LogP contribution in [0.15, 0.2) is 29.3 Å². The van der Waals surface area contributed by atoms with Crippen molar-refractivity contribution in [2.45, 2.75) is 52.4 Å². The lowest BCUT2D eigenvalue weighted by Gasteiger charge is -2.13. The predicted octanol–water partition coefficient (Wildman–Crippen LogP) is 3.22. The molecule has 0 saturated heterocycles. The monoisotopic (exact) mass is 372 g/mol. The third-order valence-electron chi connectivity index (χ3n) is 3.64. The highest BCUT2D eigenvalue weighted by Crippen LogP contribution is 2.18. The van der Waals surface area contributed by atoms with Crippen LogP contribution in [0.3, 0.4) is 0 Å². The van der Waals surface area contributed by atoms with Gasteiger partial charge in [-0.05, 0) is 38.0 Å². The summed E-state index contributed by atoms with van der Waals surface area (Å²) in [5, 5.41) is 8.45. The van der Waals surface area contributed by atoms with Gasteiger partial charge >= 0.3 is 6.18 Å². The fraction of sp³-hybridized carbons (Fsp3) is 0.556. The van der Waals surface area contributed by atoms with Crippen LogP contribution in [0.5, 0.6) is 0 Å². The zero-order chi connectivity index (χ0) is 19.6. The van der Waals surface area contributed by atoms with Gasteiger partial charge in [0.25, 0.3) is 5.91 Å². The van der Waals surface area contributed by atoms with Crippen molar-refractivity contribution in [2.24, 2.45) is 4.99 Å². The molecule has 146 valence electrons. The number of amides is 1. The van der Waals surface area contributed by atoms with Crippen molar-refractivity contribution in [3.63, 3.8) is 0 Å². The fourth-order valence-electron chi connectivity index (χ4n) is 2.05. The van der Waals surface area contributed by atoms with E-state index < -0.39 is 12.6 Å². The number of rotatable bonds is 8. The van der Waals surface area contributed by atoms with Crippen molar-refractivity contribution in [3.8, 4) is 0 Å². The maximum atomic E-state index is 12.2. The van der Waals surface area contributed by atoms with E-state index in [4.69, 9.17) is 0 Å². The van der Waals surface area contributed by atoms with E-state index in [-0.39, 0.29) is 25.0 Å². The van der Waals surface area contributed by atoms with Gasteiger partial charge in [-0.2, -0.15) is 13.2 Å². The lowest BCUT2D eigenvalue weighted by atomic mass is 10.1. The third-order valence-corrected chi connectivity index (χ3v) is 3.64. The van der Waals surface area contributed by atoms with Crippen LogP contribution in [0.2, 0.25) is 0 Å². The number of nitrogens with zero attached hydrogens (tertiary/aromatic N) is 1. The maximum Gasteiger partial charge on any atom is 0.390 e. The molecule has 0 bridgehead atoms. The summed E-state index contributed by atoms with van der Waals surface area (Å²) < 4.78 is 36.7. The van der Waals surface area contributed by atoms with Gasteiger partial charge in [0.15, 0.2) is 5.96 Å². The van der Waals surface area contributed by atoms with Crippen LogP contribution in [0.25, 0.3) is 0 Å². The summed E-state index contributed by atoms with van der Waals surface area (Å²) in [5.41, 5.74) is 1.34. The molecular weight excluding hydrogens is 345 g/mol. The number of benzene rings is 1. The Bertz CT molecular complexity index is 602. The highest BCUT2D eigenvalue weighted by molar-refractivity contribution is 5.94. The van der Waals surface area contributed by atoms with Crippen LogP contribution < -0.4 is 16.0 Å². The Kier molecular flexibility index (Phi) is 8.95. The lowest BCUT2D eigenvalue weighted by molar-refractivity contribution is -0.132. The number of carbonyl (C=O) groups is 1. The number of hydrogen-bond acceptors (Lipinski definition) is 2. The van der Waals surface area contributed by atoms with E-state index in [2.05, 4.69) is 20.9 Å². The average molecular weight is 372 g/mol. The molecule has 0 heterocycles. The van der Waals surface area contributed by atoms with Crippen molar-refractivity contribution in [1.82, 2.24) is 16.0 Å². The van der Waals surface area contributed by atoms with E-state index in [1.807, 2.05) is 26.8 Å². The van der Waals surface area contributed by atoms with Gasteiger partial charge in [0, 0.05) is 24.7 Å². The minimum atomic E-state index is -4.21. The Balaban J connectivity index is 2.71. The quantitative estimate of drug-likeness (QED) is 0.485. The van der Waals surface area contributed by atoms with E-state index >= 15 is 0 Å². The molecule has 3 N–H and O–H groups in total. The highest BCUT2D eigenvalue weighted by Gasteiger charge is 2.26. The summed E-state index contributed by atoms with van der Waals surface area (Å²) in [6.45, 7) is 6.31. The molecule has 0 saturated carbocycles. The molecular formula is C18H27F3N4O. The molecule has 0 radical (unpaired) electrons. The Morgan fingerprint density at radius 1 is 1.23 bits per heavy atom. The van der Waals surface area contributed by atoms with E-state index in [0.717, 1.165) is 12.0 Å². The minimum absolute atomic E-state index is 0.0855. The number of carbonyl (C=O) groups excluding carboxylic acids is 1. The molecule has 1 atom stereocenters. The number of nitrogens with one attached hydrogen (secondary N) is 3. The minimum Gasteiger partial charge on any atom is -0.357 e. The standard InChI is InChI=1S/C18H27F3N4O/c1-4-13(3)25-16(26)15-8-6-7-14(11-15)12-24-17(22-5-2)23-10-9-18(19,20)21/h6-8,11,13H,4-5,9-10,12H2,1-3H3,(H,25,26)(H2,22,23,24). The third kappa shape index (κ3) is 8.73. The number of guanidine groups is 1. The number of hydrogen-bond donors (Lipinski definition) is 3. The van der Waals surface area contributed by atoms with Crippen LogP contribution in [0.4, 0.5) is 13.2 Å². The van der Waals surface area contributed by atoms with Gasteiger partial charge < -0.3 is 16.0 Å². The number of aliphatic imine (C=N–C) groups is 1. The summed E-state index contributed by atoms with van der Waals surface area (Å²) in [5.74, 6) is 0.159. The van der Waals surface area contributed by atoms with Crippen LogP contribution in [0, 0.1) is 0 Å². The van der Waals surface area contributed by atoms with Crippen LogP contribution >= 0.6 is 0 Å². The van der Waals surface area contributed by atoms with Gasteiger partial charge in [-0.15, -0.1) is 0 Å². The first-order chi connectivity index (χ1) is 12.2. The Morgan fingerprint density at radius 2 is 1.96 bits per heavy atom. The van der Waals surface area contributed by atoms with Crippen molar-refractivity contribution in [2.75, 3.05) is 13.1 Å². The average Bonchev–Trinajstić information content (AvgIpc) is 2.58. The molecule has 26 heavy (non-hydrogen) atoms. The maximum absolute atomic E-state index is 12.2. The lowest BCUT2D eigenvalue weighted by Crippen LogP contribution is -2.38. The summed E-state index contributed by atoms with van der Waals surface area (Å²) in [4.78, 5) is 16.4. The molecule has 0 aliphatic rings. The summed E-state index contributed by atoms with van der Waals surface area (Å²) >= 11 is 0. The van der Waals surface area contributed by atoms with Crippen molar-refractivity contribution < 1.29 is 18.0 Å². The Morgan fingerprint density at radius 3 is 2.58 bits per heavy atom. The van der Waals surface area contributed by atoms with Crippen molar-refractivity contribution in [1.29, 1.82) is 0 Å². The fourth-order valence-corrected chi connectivity index (χ4v) is 2.05. The van der Waals surface area contributed by atoms with Crippen molar-refractivity contribution >= 4 is 11.9 Å². The van der Waals surface area contributed by atoms with Crippen LogP contribution in [-0.4, -0.2) is 37.2 Å². The highest BCUT2D eigenvalue weighted by atomic mass is 19.4. The SMILES string of the molecule is CCNC(=NCc1cccc(C(=O)NC(C)CC)c1)NCCC(F)(F)F. The van der Waals surface area contributed by atoms with Gasteiger partial charge in [-0.25, -0.2) is 4.99 Å². The first-order valence-electron chi connectivity index (χ1n) is 8.73. The molecule has 1 aromatic carbocycles. The second-order valence-corrected chi connectivity index (χ2v) is 5.97. The Hall–Kier alpha value is -2.25. The van der Waals surface area contributed by atoms with Gasteiger partial charge in [0.05, 0.1) is 13.0 Å². The number of alkyl halides is 3. The van der Waals surface area contributed by atoms with Gasteiger partial charge in [0.2, 0.25) is 0 Å². The largest absolute Gasteiger partial charge is 0.390 e. The molecule has 1 amide bonds. The predicted molar refractivity (Wildman–Crippen MR) is 97.2 cm³/mol. The molecule has 0 aromatic heterocycles. The van der Waals surface area contributed by atoms with Crippen LogP contribution in [0.1, 0.15) is 49.5 Å². The van der Waals surface area contributed by atoms with E-state index in [9.17, 15) is 18.0 Å². The first kappa shape index (κ1) is 21.8. The molecule has 0 aliphatic heterocycles. The molecule has 1 rings (SSSR count). The molecule has 0 spiro atoms. The first-order valence-corrected chi connectivity index (χ1v) is 8.73. The second-order valence-electron chi connectivity index (χ2n) is 5.97. The molecule has 5 nitrogen and oxygen atoms in total. The van der Waals surface area contributed by atoms with E-state index in [0.29, 0.717) is 18.1 Å². The molecule has 0 fully saturated rings. The number of halogens is 3. The summed E-state index contributed by atoms with van der Waals surface area (Å²) in [7, 11) is 0. The summed E-state index contributed by atoms with van der Waals surface area (Å²) in [6.07, 6.45) is -4.30. The van der Waals surface area contributed by atoms with Gasteiger partial charge in [0.1, 0.15) is 0 Å². The normalized spacial score (nSPS) is 13.2. The van der Waals surface area contributed by atoms with Gasteiger partial charge in [-0.1, -0.05) is 19.1 Å². The topological polar surface area (TPSA) is 65.5 Å². The summed E-state index contributed by atoms with van der Waals surface area (Å²) in [6, 6.07) is 7.13. The van der Waals surface area contributed by atoms with E-state index in [1.54, 1.807) is 18.2 Å². The smallest absolute Gasteiger partial charge is 0.357 e. The zero-order valence-corrected chi connectivity index (χ0v) is 15.4. The zero-order valence-electron chi connectivity index (χ0n) is 15.4. The Labute approximate surface area is 152 Å². The van der Waals surface area contributed by atoms with E-state index in [1.165, 1.54) is 0 Å². The van der Waals surface area contributed by atoms with Crippen molar-refractivity contribution in [3.05, 3.63) is 35.4 Å². The second kappa shape index (κ2) is 10.7. The molecule has 8 heteroatoms. The molecule has 1 unspecified atom stereocenters.